The smallest absolute Gasteiger partial charge is 0.393 e. The highest BCUT2D eigenvalue weighted by atomic mass is 32.1. The number of nitriles is 1. The first-order valence-corrected chi connectivity index (χ1v) is 15.5. The number of piperidine rings is 1. The highest BCUT2D eigenvalue weighted by Gasteiger charge is 2.41. The van der Waals surface area contributed by atoms with Crippen LogP contribution >= 0.6 is 11.3 Å². The van der Waals surface area contributed by atoms with Gasteiger partial charge in [-0.1, -0.05) is 0 Å². The Labute approximate surface area is 242 Å². The molecule has 0 bridgehead atoms. The summed E-state index contributed by atoms with van der Waals surface area (Å²) in [5.41, 5.74) is 0.723. The van der Waals surface area contributed by atoms with Crippen LogP contribution in [0.15, 0.2) is 24.2 Å². The van der Waals surface area contributed by atoms with Crippen LogP contribution in [0.25, 0.3) is 10.2 Å². The van der Waals surface area contributed by atoms with Crippen molar-refractivity contribution < 1.29 is 23.0 Å². The van der Waals surface area contributed by atoms with Crippen molar-refractivity contribution in [3.63, 3.8) is 0 Å². The highest BCUT2D eigenvalue weighted by molar-refractivity contribution is 7.18. The molecule has 6 rings (SSSR count). The molecule has 0 amide bonds. The first-order chi connectivity index (χ1) is 19.8. The highest BCUT2D eigenvalue weighted by Crippen LogP contribution is 2.41. The van der Waals surface area contributed by atoms with E-state index in [0.717, 1.165) is 81.6 Å². The third-order valence-corrected chi connectivity index (χ3v) is 9.92. The number of thiophene rings is 1. The zero-order chi connectivity index (χ0) is 28.6. The molecule has 2 aliphatic carbocycles. The number of allylic oxidation sites excluding steroid dienone is 1. The van der Waals surface area contributed by atoms with Gasteiger partial charge in [0.05, 0.1) is 30.6 Å². The lowest BCUT2D eigenvalue weighted by Gasteiger charge is -2.41. The fourth-order valence-electron chi connectivity index (χ4n) is 6.79. The van der Waals surface area contributed by atoms with Gasteiger partial charge in [-0.25, -0.2) is 9.97 Å². The zero-order valence-electron chi connectivity index (χ0n) is 23.0. The van der Waals surface area contributed by atoms with E-state index in [1.54, 1.807) is 6.07 Å². The number of alkyl halides is 3. The number of anilines is 1. The number of nitrogens with one attached hydrogen (secondary N) is 1. The van der Waals surface area contributed by atoms with Crippen molar-refractivity contribution in [1.29, 1.82) is 5.26 Å². The van der Waals surface area contributed by atoms with E-state index in [1.807, 2.05) is 0 Å². The summed E-state index contributed by atoms with van der Waals surface area (Å²) in [6.07, 6.45) is 5.63. The molecule has 0 radical (unpaired) electrons. The van der Waals surface area contributed by atoms with Crippen molar-refractivity contribution in [1.82, 2.24) is 19.8 Å². The number of hydrogen-bond donors (Lipinski definition) is 2. The fourth-order valence-corrected chi connectivity index (χ4v) is 7.81. The molecule has 4 unspecified atom stereocenters. The van der Waals surface area contributed by atoms with E-state index >= 15 is 0 Å². The maximum absolute atomic E-state index is 12.9. The van der Waals surface area contributed by atoms with Gasteiger partial charge in [0.15, 0.2) is 0 Å². The van der Waals surface area contributed by atoms with Gasteiger partial charge in [0.25, 0.3) is 0 Å². The van der Waals surface area contributed by atoms with Crippen LogP contribution in [0.5, 0.6) is 0 Å². The molecule has 3 fully saturated rings. The molecule has 2 aromatic rings. The van der Waals surface area contributed by atoms with E-state index in [9.17, 15) is 23.5 Å². The van der Waals surface area contributed by atoms with E-state index in [1.165, 1.54) is 6.33 Å². The number of aromatic nitrogens is 2. The molecule has 0 spiro atoms. The van der Waals surface area contributed by atoms with E-state index in [-0.39, 0.29) is 29.7 Å². The van der Waals surface area contributed by atoms with Gasteiger partial charge in [-0.2, -0.15) is 18.4 Å². The third kappa shape index (κ3) is 6.96. The van der Waals surface area contributed by atoms with E-state index < -0.39 is 12.6 Å². The molecule has 222 valence electrons. The first-order valence-electron chi connectivity index (χ1n) is 14.7. The minimum absolute atomic E-state index is 0.0228. The summed E-state index contributed by atoms with van der Waals surface area (Å²) < 4.78 is 44.6. The van der Waals surface area contributed by atoms with E-state index in [4.69, 9.17) is 4.74 Å². The Balaban J connectivity index is 0.992. The zero-order valence-corrected chi connectivity index (χ0v) is 23.8. The number of nitrogens with zero attached hydrogens (tertiary/aromatic N) is 5. The molecule has 2 aromatic heterocycles. The van der Waals surface area contributed by atoms with Gasteiger partial charge in [-0.3, -0.25) is 0 Å². The molecular formula is C29H37F3N6O2S. The summed E-state index contributed by atoms with van der Waals surface area (Å²) in [5, 5.41) is 23.8. The summed E-state index contributed by atoms with van der Waals surface area (Å²) in [4.78, 5) is 14.1. The predicted molar refractivity (Wildman–Crippen MR) is 150 cm³/mol. The molecule has 4 aliphatic rings. The average molecular weight is 591 g/mol. The normalized spacial score (nSPS) is 26.6. The Hall–Kier alpha value is -2.46. The minimum atomic E-state index is -4.24. The Bertz CT molecular complexity index is 1280. The number of rotatable bonds is 10. The van der Waals surface area contributed by atoms with Gasteiger partial charge in [0, 0.05) is 49.1 Å². The van der Waals surface area contributed by atoms with Gasteiger partial charge in [-0.15, -0.1) is 11.3 Å². The number of fused-ring (bicyclic) bond motifs is 2. The summed E-state index contributed by atoms with van der Waals surface area (Å²) in [5.74, 6) is 1.55. The van der Waals surface area contributed by atoms with Gasteiger partial charge in [0.1, 0.15) is 28.7 Å². The van der Waals surface area contributed by atoms with Crippen LogP contribution in [0.1, 0.15) is 49.8 Å². The SMILES string of the molecule is N#CC1=CC2CC(CN3CCC(Nc4ncnc5sc(CC(F)(F)F)cc45)CC3)CCC2N1CC(CO)OC1CC1. The first kappa shape index (κ1) is 28.6. The number of aliphatic hydroxyl groups is 1. The molecule has 2 aliphatic heterocycles. The molecule has 4 atom stereocenters. The number of aliphatic hydroxyl groups excluding tert-OH is 1. The summed E-state index contributed by atoms with van der Waals surface area (Å²) in [7, 11) is 0. The Morgan fingerprint density at radius 3 is 2.68 bits per heavy atom. The van der Waals surface area contributed by atoms with Gasteiger partial charge >= 0.3 is 6.18 Å². The van der Waals surface area contributed by atoms with E-state index in [2.05, 4.69) is 37.2 Å². The number of likely N-dealkylation sites (tertiary alicyclic amines) is 1. The van der Waals surface area contributed by atoms with Crippen molar-refractivity contribution in [2.75, 3.05) is 38.1 Å². The Morgan fingerprint density at radius 1 is 1.17 bits per heavy atom. The Morgan fingerprint density at radius 2 is 1.98 bits per heavy atom. The van der Waals surface area contributed by atoms with Crippen molar-refractivity contribution >= 4 is 27.4 Å². The monoisotopic (exact) mass is 590 g/mol. The van der Waals surface area contributed by atoms with Crippen LogP contribution in [0.3, 0.4) is 0 Å². The lowest BCUT2D eigenvalue weighted by atomic mass is 9.78. The second kappa shape index (κ2) is 12.0. The maximum atomic E-state index is 12.9. The molecule has 2 N–H and O–H groups in total. The molecular weight excluding hydrogens is 553 g/mol. The van der Waals surface area contributed by atoms with Gasteiger partial charge in [0.2, 0.25) is 0 Å². The molecule has 8 nitrogen and oxygen atoms in total. The standard InChI is InChI=1S/C29H37F3N6O2S/c30-29(31,32)12-24-11-25-27(34-17-35-28(25)41-24)36-20-5-7-37(8-6-20)14-18-1-4-26-19(9-18)10-21(13-33)38(26)15-23(16-39)40-22-2-3-22/h10-11,17-20,22-23,26,39H,1-9,12,14-16H2,(H,34,35,36). The fraction of sp³-hybridized carbons (Fsp3) is 0.690. The summed E-state index contributed by atoms with van der Waals surface area (Å²) >= 11 is 1.08. The summed E-state index contributed by atoms with van der Waals surface area (Å²) in [6.45, 7) is 3.51. The molecule has 2 saturated carbocycles. The minimum Gasteiger partial charge on any atom is -0.394 e. The third-order valence-electron chi connectivity index (χ3n) is 8.88. The van der Waals surface area contributed by atoms with Crippen LogP contribution < -0.4 is 5.32 Å². The molecule has 0 aromatic carbocycles. The van der Waals surface area contributed by atoms with Crippen LogP contribution in [0.4, 0.5) is 19.0 Å². The molecule has 12 heteroatoms. The number of hydrogen-bond acceptors (Lipinski definition) is 9. The number of halogens is 3. The second-order valence-electron chi connectivity index (χ2n) is 12.0. The largest absolute Gasteiger partial charge is 0.394 e. The second-order valence-corrected chi connectivity index (χ2v) is 13.1. The lowest BCUT2D eigenvalue weighted by Crippen LogP contribution is -2.46. The molecule has 4 heterocycles. The topological polar surface area (TPSA) is 97.5 Å². The van der Waals surface area contributed by atoms with Crippen LogP contribution in [-0.4, -0.2) is 88.1 Å². The molecule has 1 saturated heterocycles. The Kier molecular flexibility index (Phi) is 8.41. The van der Waals surface area contributed by atoms with E-state index in [0.29, 0.717) is 40.5 Å². The lowest BCUT2D eigenvalue weighted by molar-refractivity contribution is -0.126. The quantitative estimate of drug-likeness (QED) is 0.411. The predicted octanol–water partition coefficient (Wildman–Crippen LogP) is 4.72. The van der Waals surface area contributed by atoms with Crippen LogP contribution in [0, 0.1) is 23.2 Å². The summed E-state index contributed by atoms with van der Waals surface area (Å²) in [6, 6.07) is 4.48. The number of ether oxygens (including phenoxy) is 1. The van der Waals surface area contributed by atoms with Crippen LogP contribution in [0.2, 0.25) is 0 Å². The van der Waals surface area contributed by atoms with Crippen molar-refractivity contribution in [2.45, 2.75) is 81.8 Å². The van der Waals surface area contributed by atoms with Gasteiger partial charge in [-0.05, 0) is 63.0 Å². The van der Waals surface area contributed by atoms with Gasteiger partial charge < -0.3 is 25.0 Å². The molecule has 41 heavy (non-hydrogen) atoms. The average Bonchev–Trinajstić information content (AvgIpc) is 3.56. The van der Waals surface area contributed by atoms with Crippen LogP contribution in [-0.2, 0) is 11.2 Å². The van der Waals surface area contributed by atoms with Crippen molar-refractivity contribution in [3.8, 4) is 6.07 Å². The van der Waals surface area contributed by atoms with Crippen molar-refractivity contribution in [3.05, 3.63) is 29.0 Å². The maximum Gasteiger partial charge on any atom is 0.393 e. The van der Waals surface area contributed by atoms with Crippen molar-refractivity contribution in [2.24, 2.45) is 11.8 Å².